The lowest BCUT2D eigenvalue weighted by atomic mass is 10.1. The molecule has 72 valence electrons. The monoisotopic (exact) mass is 180 g/mol. The van der Waals surface area contributed by atoms with Gasteiger partial charge in [0.1, 0.15) is 0 Å². The molecular formula is C10H16N2O. The van der Waals surface area contributed by atoms with Crippen LogP contribution in [0.3, 0.4) is 0 Å². The summed E-state index contributed by atoms with van der Waals surface area (Å²) in [4.78, 5) is 4.29. The third kappa shape index (κ3) is 2.18. The highest BCUT2D eigenvalue weighted by Gasteiger charge is 2.07. The van der Waals surface area contributed by atoms with Gasteiger partial charge in [0.2, 0.25) is 5.88 Å². The van der Waals surface area contributed by atoms with Crippen LogP contribution in [-0.2, 0) is 6.54 Å². The summed E-state index contributed by atoms with van der Waals surface area (Å²) in [5.41, 5.74) is 8.74. The largest absolute Gasteiger partial charge is 0.478 e. The molecule has 0 radical (unpaired) electrons. The van der Waals surface area contributed by atoms with Gasteiger partial charge in [-0.2, -0.15) is 0 Å². The summed E-state index contributed by atoms with van der Waals surface area (Å²) in [5, 5.41) is 0. The van der Waals surface area contributed by atoms with Crippen molar-refractivity contribution in [2.24, 2.45) is 5.73 Å². The van der Waals surface area contributed by atoms with Crippen molar-refractivity contribution in [1.82, 2.24) is 4.98 Å². The molecule has 1 heterocycles. The van der Waals surface area contributed by atoms with Gasteiger partial charge >= 0.3 is 0 Å². The number of hydrogen-bond donors (Lipinski definition) is 1. The summed E-state index contributed by atoms with van der Waals surface area (Å²) < 4.78 is 5.40. The van der Waals surface area contributed by atoms with Crippen LogP contribution in [0.15, 0.2) is 6.07 Å². The minimum atomic E-state index is 0.481. The number of hydrogen-bond acceptors (Lipinski definition) is 3. The molecule has 0 aliphatic rings. The summed E-state index contributed by atoms with van der Waals surface area (Å²) in [6.45, 7) is 7.03. The number of rotatable bonds is 3. The van der Waals surface area contributed by atoms with E-state index in [1.165, 1.54) is 0 Å². The zero-order valence-electron chi connectivity index (χ0n) is 8.42. The summed E-state index contributed by atoms with van der Waals surface area (Å²) >= 11 is 0. The molecule has 0 fully saturated rings. The molecule has 1 aromatic rings. The molecule has 13 heavy (non-hydrogen) atoms. The zero-order chi connectivity index (χ0) is 9.84. The van der Waals surface area contributed by atoms with Gasteiger partial charge in [-0.25, -0.2) is 4.98 Å². The lowest BCUT2D eigenvalue weighted by Gasteiger charge is -2.10. The molecule has 2 N–H and O–H groups in total. The topological polar surface area (TPSA) is 48.1 Å². The Labute approximate surface area is 78.9 Å². The molecule has 3 nitrogen and oxygen atoms in total. The van der Waals surface area contributed by atoms with Gasteiger partial charge in [0, 0.05) is 17.8 Å². The Morgan fingerprint density at radius 1 is 1.46 bits per heavy atom. The Bertz CT molecular complexity index is 297. The average Bonchev–Trinajstić information content (AvgIpc) is 2.04. The van der Waals surface area contributed by atoms with Gasteiger partial charge in [-0.1, -0.05) is 0 Å². The summed E-state index contributed by atoms with van der Waals surface area (Å²) in [5.74, 6) is 0.683. The first-order chi connectivity index (χ1) is 6.19. The Hall–Kier alpha value is -1.09. The van der Waals surface area contributed by atoms with Gasteiger partial charge in [0.25, 0.3) is 0 Å². The van der Waals surface area contributed by atoms with Crippen molar-refractivity contribution in [3.05, 3.63) is 22.9 Å². The number of aryl methyl sites for hydroxylation is 2. The minimum Gasteiger partial charge on any atom is -0.478 e. The molecule has 0 aliphatic heterocycles. The first-order valence-corrected chi connectivity index (χ1v) is 4.49. The normalized spacial score (nSPS) is 10.2. The van der Waals surface area contributed by atoms with Crippen molar-refractivity contribution in [2.45, 2.75) is 27.3 Å². The van der Waals surface area contributed by atoms with Gasteiger partial charge in [0.05, 0.1) is 6.61 Å². The van der Waals surface area contributed by atoms with Crippen molar-refractivity contribution < 1.29 is 4.74 Å². The third-order valence-corrected chi connectivity index (χ3v) is 1.92. The molecule has 0 aromatic carbocycles. The fraction of sp³-hybridized carbons (Fsp3) is 0.500. The van der Waals surface area contributed by atoms with Crippen LogP contribution in [0, 0.1) is 13.8 Å². The predicted molar refractivity (Wildman–Crippen MR) is 52.8 cm³/mol. The highest BCUT2D eigenvalue weighted by atomic mass is 16.5. The lowest BCUT2D eigenvalue weighted by Crippen LogP contribution is -2.07. The number of nitrogens with two attached hydrogens (primary N) is 1. The number of pyridine rings is 1. The van der Waals surface area contributed by atoms with Gasteiger partial charge in [-0.3, -0.25) is 0 Å². The van der Waals surface area contributed by atoms with E-state index < -0.39 is 0 Å². The van der Waals surface area contributed by atoms with Crippen molar-refractivity contribution >= 4 is 0 Å². The second-order valence-corrected chi connectivity index (χ2v) is 3.00. The van der Waals surface area contributed by atoms with Crippen LogP contribution in [0.25, 0.3) is 0 Å². The molecule has 3 heteroatoms. The maximum atomic E-state index is 5.61. The van der Waals surface area contributed by atoms with Gasteiger partial charge < -0.3 is 10.5 Å². The van der Waals surface area contributed by atoms with E-state index >= 15 is 0 Å². The maximum Gasteiger partial charge on any atom is 0.218 e. The zero-order valence-corrected chi connectivity index (χ0v) is 8.42. The third-order valence-electron chi connectivity index (χ3n) is 1.92. The highest BCUT2D eigenvalue weighted by molar-refractivity contribution is 5.35. The molecule has 0 unspecified atom stereocenters. The van der Waals surface area contributed by atoms with Crippen LogP contribution in [0.1, 0.15) is 23.7 Å². The molecule has 1 aromatic heterocycles. The Balaban J connectivity index is 3.13. The van der Waals surface area contributed by atoms with Crippen molar-refractivity contribution in [3.8, 4) is 5.88 Å². The fourth-order valence-electron chi connectivity index (χ4n) is 1.33. The molecule has 0 saturated carbocycles. The summed E-state index contributed by atoms with van der Waals surface area (Å²) in [6, 6.07) is 2.02. The maximum absolute atomic E-state index is 5.61. The fourth-order valence-corrected chi connectivity index (χ4v) is 1.33. The van der Waals surface area contributed by atoms with Gasteiger partial charge in [-0.15, -0.1) is 0 Å². The van der Waals surface area contributed by atoms with Gasteiger partial charge in [-0.05, 0) is 32.4 Å². The Kier molecular flexibility index (Phi) is 3.25. The Morgan fingerprint density at radius 3 is 2.69 bits per heavy atom. The van der Waals surface area contributed by atoms with E-state index in [0.717, 1.165) is 16.8 Å². The summed E-state index contributed by atoms with van der Waals surface area (Å²) in [6.07, 6.45) is 0. The van der Waals surface area contributed by atoms with Crippen molar-refractivity contribution in [3.63, 3.8) is 0 Å². The van der Waals surface area contributed by atoms with Gasteiger partial charge in [0.15, 0.2) is 0 Å². The van der Waals surface area contributed by atoms with Crippen LogP contribution >= 0.6 is 0 Å². The van der Waals surface area contributed by atoms with Crippen molar-refractivity contribution in [2.75, 3.05) is 6.61 Å². The molecule has 0 atom stereocenters. The standard InChI is InChI=1S/C10H16N2O/c1-4-13-10-9(6-11)7(2)5-8(3)12-10/h5H,4,6,11H2,1-3H3. The number of nitrogens with zero attached hydrogens (tertiary/aromatic N) is 1. The molecule has 0 aliphatic carbocycles. The highest BCUT2D eigenvalue weighted by Crippen LogP contribution is 2.19. The first kappa shape index (κ1) is 9.99. The van der Waals surface area contributed by atoms with E-state index in [1.807, 2.05) is 26.8 Å². The van der Waals surface area contributed by atoms with Crippen LogP contribution in [0.4, 0.5) is 0 Å². The van der Waals surface area contributed by atoms with Crippen LogP contribution in [-0.4, -0.2) is 11.6 Å². The summed E-state index contributed by atoms with van der Waals surface area (Å²) in [7, 11) is 0. The molecular weight excluding hydrogens is 164 g/mol. The molecule has 0 bridgehead atoms. The molecule has 0 amide bonds. The second-order valence-electron chi connectivity index (χ2n) is 3.00. The van der Waals surface area contributed by atoms with E-state index in [4.69, 9.17) is 10.5 Å². The number of ether oxygens (including phenoxy) is 1. The minimum absolute atomic E-state index is 0.481. The second kappa shape index (κ2) is 4.23. The smallest absolute Gasteiger partial charge is 0.218 e. The van der Waals surface area contributed by atoms with Crippen LogP contribution in [0.2, 0.25) is 0 Å². The average molecular weight is 180 g/mol. The first-order valence-electron chi connectivity index (χ1n) is 4.49. The molecule has 1 rings (SSSR count). The molecule has 0 saturated heterocycles. The molecule has 0 spiro atoms. The van der Waals surface area contributed by atoms with E-state index in [-0.39, 0.29) is 0 Å². The van der Waals surface area contributed by atoms with E-state index in [9.17, 15) is 0 Å². The quantitative estimate of drug-likeness (QED) is 0.767. The van der Waals surface area contributed by atoms with E-state index in [1.54, 1.807) is 0 Å². The Morgan fingerprint density at radius 2 is 2.15 bits per heavy atom. The lowest BCUT2D eigenvalue weighted by molar-refractivity contribution is 0.322. The van der Waals surface area contributed by atoms with E-state index in [2.05, 4.69) is 4.98 Å². The number of aromatic nitrogens is 1. The van der Waals surface area contributed by atoms with Crippen LogP contribution in [0.5, 0.6) is 5.88 Å². The van der Waals surface area contributed by atoms with Crippen molar-refractivity contribution in [1.29, 1.82) is 0 Å². The predicted octanol–water partition coefficient (Wildman–Crippen LogP) is 1.56. The van der Waals surface area contributed by atoms with E-state index in [0.29, 0.717) is 19.0 Å². The van der Waals surface area contributed by atoms with Crippen LogP contribution < -0.4 is 10.5 Å². The SMILES string of the molecule is CCOc1nc(C)cc(C)c1CN.